The molecule has 0 bridgehead atoms. The molecule has 2 aliphatic rings. The minimum atomic E-state index is -4.51. The van der Waals surface area contributed by atoms with Gasteiger partial charge in [0.05, 0.1) is 11.6 Å². The van der Waals surface area contributed by atoms with Gasteiger partial charge in [0.15, 0.2) is 18.1 Å². The number of carbonyl (C=O) groups is 2. The maximum absolute atomic E-state index is 12.8. The van der Waals surface area contributed by atoms with Crippen molar-refractivity contribution >= 4 is 23.2 Å². The molecule has 1 atom stereocenters. The minimum Gasteiger partial charge on any atom is -0.486 e. The lowest BCUT2D eigenvalue weighted by atomic mass is 10.1. The van der Waals surface area contributed by atoms with Crippen molar-refractivity contribution < 1.29 is 37.0 Å². The number of aryl methyl sites for hydroxylation is 1. The van der Waals surface area contributed by atoms with Crippen LogP contribution < -0.4 is 24.4 Å². The molecule has 2 aromatic carbocycles. The number of nitrogens with one attached hydrogen (secondary N) is 1. The van der Waals surface area contributed by atoms with Crippen molar-refractivity contribution in [1.82, 2.24) is 0 Å². The second kappa shape index (κ2) is 8.60. The molecule has 0 saturated carbocycles. The molecule has 2 aromatic rings. The van der Waals surface area contributed by atoms with Crippen LogP contribution in [0.3, 0.4) is 0 Å². The second-order valence-corrected chi connectivity index (χ2v) is 7.63. The molecule has 2 amide bonds. The maximum atomic E-state index is 12.8. The van der Waals surface area contributed by atoms with E-state index in [1.54, 1.807) is 31.2 Å². The highest BCUT2D eigenvalue weighted by Crippen LogP contribution is 2.36. The molecule has 0 aliphatic carbocycles. The fourth-order valence-electron chi connectivity index (χ4n) is 3.58. The maximum Gasteiger partial charge on any atom is 0.422 e. The van der Waals surface area contributed by atoms with E-state index in [9.17, 15) is 22.8 Å². The lowest BCUT2D eigenvalue weighted by Gasteiger charge is -2.22. The van der Waals surface area contributed by atoms with Crippen molar-refractivity contribution in [3.8, 4) is 17.2 Å². The third kappa shape index (κ3) is 4.90. The van der Waals surface area contributed by atoms with E-state index < -0.39 is 24.6 Å². The van der Waals surface area contributed by atoms with Crippen molar-refractivity contribution in [3.05, 3.63) is 42.0 Å². The Balaban J connectivity index is 1.45. The number of carbonyl (C=O) groups excluding carboxylic acids is 2. The van der Waals surface area contributed by atoms with Gasteiger partial charge in [-0.3, -0.25) is 9.59 Å². The number of anilines is 2. The third-order valence-corrected chi connectivity index (χ3v) is 5.12. The van der Waals surface area contributed by atoms with Gasteiger partial charge < -0.3 is 24.4 Å². The van der Waals surface area contributed by atoms with Crippen LogP contribution in [0, 0.1) is 12.8 Å². The van der Waals surface area contributed by atoms with Crippen LogP contribution in [-0.2, 0) is 9.59 Å². The highest BCUT2D eigenvalue weighted by atomic mass is 19.4. The predicted molar refractivity (Wildman–Crippen MR) is 109 cm³/mol. The monoisotopic (exact) mass is 450 g/mol. The normalized spacial score (nSPS) is 17.9. The van der Waals surface area contributed by atoms with Gasteiger partial charge in [0.1, 0.15) is 19.0 Å². The number of rotatable bonds is 5. The highest BCUT2D eigenvalue weighted by molar-refractivity contribution is 6.04. The highest BCUT2D eigenvalue weighted by Gasteiger charge is 2.36. The van der Waals surface area contributed by atoms with Crippen LogP contribution in [0.1, 0.15) is 12.0 Å². The first-order chi connectivity index (χ1) is 15.2. The van der Waals surface area contributed by atoms with Crippen LogP contribution in [-0.4, -0.2) is 44.4 Å². The summed E-state index contributed by atoms with van der Waals surface area (Å²) in [6, 6.07) is 9.67. The number of hydrogen-bond donors (Lipinski definition) is 1. The molecule has 0 radical (unpaired) electrons. The van der Waals surface area contributed by atoms with Crippen molar-refractivity contribution in [2.24, 2.45) is 5.92 Å². The molecule has 10 heteroatoms. The van der Waals surface area contributed by atoms with Crippen LogP contribution in [0.2, 0.25) is 0 Å². The fourth-order valence-corrected chi connectivity index (χ4v) is 3.58. The fraction of sp³-hybridized carbons (Fsp3) is 0.364. The smallest absolute Gasteiger partial charge is 0.422 e. The molecule has 0 spiro atoms. The molecule has 32 heavy (non-hydrogen) atoms. The SMILES string of the molecule is Cc1ccc(NC(=O)C2CC(=O)N(c3ccc4c(c3)OCCO4)C2)c(OCC(F)(F)F)c1. The van der Waals surface area contributed by atoms with E-state index in [-0.39, 0.29) is 30.3 Å². The summed E-state index contributed by atoms with van der Waals surface area (Å²) in [6.45, 7) is 1.22. The Bertz CT molecular complexity index is 1040. The van der Waals surface area contributed by atoms with Gasteiger partial charge in [-0.2, -0.15) is 13.2 Å². The van der Waals surface area contributed by atoms with E-state index in [1.807, 2.05) is 0 Å². The van der Waals surface area contributed by atoms with Gasteiger partial charge >= 0.3 is 6.18 Å². The first-order valence-corrected chi connectivity index (χ1v) is 10.0. The quantitative estimate of drug-likeness (QED) is 0.752. The zero-order valence-electron chi connectivity index (χ0n) is 17.2. The van der Waals surface area contributed by atoms with Crippen LogP contribution in [0.25, 0.3) is 0 Å². The number of fused-ring (bicyclic) bond motifs is 1. The summed E-state index contributed by atoms with van der Waals surface area (Å²) >= 11 is 0. The number of alkyl halides is 3. The lowest BCUT2D eigenvalue weighted by molar-refractivity contribution is -0.153. The number of nitrogens with zero attached hydrogens (tertiary/aromatic N) is 1. The Labute approximate surface area is 182 Å². The number of ether oxygens (including phenoxy) is 3. The zero-order chi connectivity index (χ0) is 22.9. The number of hydrogen-bond acceptors (Lipinski definition) is 5. The van der Waals surface area contributed by atoms with Gasteiger partial charge in [-0.05, 0) is 36.8 Å². The molecule has 1 saturated heterocycles. The van der Waals surface area contributed by atoms with E-state index in [2.05, 4.69) is 5.32 Å². The number of amides is 2. The first-order valence-electron chi connectivity index (χ1n) is 10.0. The Hall–Kier alpha value is -3.43. The van der Waals surface area contributed by atoms with E-state index in [1.165, 1.54) is 17.0 Å². The van der Waals surface area contributed by atoms with Gasteiger partial charge in [-0.1, -0.05) is 6.07 Å². The summed E-state index contributed by atoms with van der Waals surface area (Å²) in [5.74, 6) is -0.346. The number of halogens is 3. The minimum absolute atomic E-state index is 0.0229. The molecule has 2 aliphatic heterocycles. The van der Waals surface area contributed by atoms with E-state index in [0.29, 0.717) is 36.0 Å². The van der Waals surface area contributed by atoms with Gasteiger partial charge in [0, 0.05) is 24.7 Å². The number of benzene rings is 2. The molecule has 4 rings (SSSR count). The Morgan fingerprint density at radius 2 is 1.91 bits per heavy atom. The Morgan fingerprint density at radius 3 is 2.66 bits per heavy atom. The summed E-state index contributed by atoms with van der Waals surface area (Å²) in [5, 5.41) is 2.60. The van der Waals surface area contributed by atoms with Crippen LogP contribution in [0.5, 0.6) is 17.2 Å². The Kier molecular flexibility index (Phi) is 5.86. The summed E-state index contributed by atoms with van der Waals surface area (Å²) in [5.41, 5.74) is 1.38. The zero-order valence-corrected chi connectivity index (χ0v) is 17.2. The Morgan fingerprint density at radius 1 is 1.16 bits per heavy atom. The van der Waals surface area contributed by atoms with Crippen LogP contribution >= 0.6 is 0 Å². The molecular formula is C22H21F3N2O5. The van der Waals surface area contributed by atoms with Gasteiger partial charge in [-0.25, -0.2) is 0 Å². The van der Waals surface area contributed by atoms with E-state index in [0.717, 1.165) is 0 Å². The third-order valence-electron chi connectivity index (χ3n) is 5.12. The largest absolute Gasteiger partial charge is 0.486 e. The van der Waals surface area contributed by atoms with Crippen molar-refractivity contribution in [1.29, 1.82) is 0 Å². The molecular weight excluding hydrogens is 429 g/mol. The topological polar surface area (TPSA) is 77.1 Å². The lowest BCUT2D eigenvalue weighted by Crippen LogP contribution is -2.28. The van der Waals surface area contributed by atoms with Crippen molar-refractivity contribution in [2.75, 3.05) is 36.6 Å². The summed E-state index contributed by atoms with van der Waals surface area (Å²) < 4.78 is 53.6. The molecule has 170 valence electrons. The van der Waals surface area contributed by atoms with Crippen molar-refractivity contribution in [3.63, 3.8) is 0 Å². The van der Waals surface area contributed by atoms with E-state index in [4.69, 9.17) is 14.2 Å². The molecule has 0 aromatic heterocycles. The summed E-state index contributed by atoms with van der Waals surface area (Å²) in [6.07, 6.45) is -4.53. The van der Waals surface area contributed by atoms with Crippen LogP contribution in [0.4, 0.5) is 24.5 Å². The molecule has 1 unspecified atom stereocenters. The second-order valence-electron chi connectivity index (χ2n) is 7.63. The van der Waals surface area contributed by atoms with Gasteiger partial charge in [-0.15, -0.1) is 0 Å². The predicted octanol–water partition coefficient (Wildman–Crippen LogP) is 3.70. The molecule has 1 fully saturated rings. The molecule has 2 heterocycles. The van der Waals surface area contributed by atoms with Crippen molar-refractivity contribution in [2.45, 2.75) is 19.5 Å². The standard InChI is InChI=1S/C22H21F3N2O5/c1-13-2-4-16(18(8-13)32-12-22(23,24)25)26-21(29)14-9-20(28)27(11-14)15-3-5-17-19(10-15)31-7-6-30-17/h2-5,8,10,14H,6-7,9,11-12H2,1H3,(H,26,29). The summed E-state index contributed by atoms with van der Waals surface area (Å²) in [7, 11) is 0. The van der Waals surface area contributed by atoms with E-state index >= 15 is 0 Å². The summed E-state index contributed by atoms with van der Waals surface area (Å²) in [4.78, 5) is 26.8. The first kappa shape index (κ1) is 21.8. The molecule has 7 nitrogen and oxygen atoms in total. The average molecular weight is 450 g/mol. The van der Waals surface area contributed by atoms with Gasteiger partial charge in [0.25, 0.3) is 0 Å². The average Bonchev–Trinajstić information content (AvgIpc) is 3.14. The molecule has 1 N–H and O–H groups in total. The van der Waals surface area contributed by atoms with Crippen LogP contribution in [0.15, 0.2) is 36.4 Å². The van der Waals surface area contributed by atoms with Gasteiger partial charge in [0.2, 0.25) is 11.8 Å².